The van der Waals surface area contributed by atoms with Gasteiger partial charge in [-0.25, -0.2) is 8.42 Å². The van der Waals surface area contributed by atoms with Crippen LogP contribution in [0.4, 0.5) is 11.4 Å². The molecule has 2 aliphatic heterocycles. The maximum Gasteiger partial charge on any atom is 0.278 e. The fraction of sp³-hybridized carbons (Fsp3) is 0.500. The monoisotopic (exact) mass is 390 g/mol. The molecule has 27 heavy (non-hydrogen) atoms. The number of nitrogens with zero attached hydrogens (tertiary/aromatic N) is 4. The van der Waals surface area contributed by atoms with Gasteiger partial charge in [0, 0.05) is 44.5 Å². The van der Waals surface area contributed by atoms with Crippen molar-refractivity contribution in [3.05, 3.63) is 40.6 Å². The van der Waals surface area contributed by atoms with Crippen LogP contribution in [0.3, 0.4) is 0 Å². The van der Waals surface area contributed by atoms with Crippen molar-refractivity contribution in [3.63, 3.8) is 0 Å². The van der Waals surface area contributed by atoms with Gasteiger partial charge in [0.05, 0.1) is 27.5 Å². The minimum absolute atomic E-state index is 0.0752. The molecule has 8 nitrogen and oxygen atoms in total. The minimum Gasteiger partial charge on any atom is -0.370 e. The molecule has 0 unspecified atom stereocenters. The largest absolute Gasteiger partial charge is 0.370 e. The van der Waals surface area contributed by atoms with Gasteiger partial charge in [-0.05, 0) is 31.0 Å². The molecule has 144 valence electrons. The molecule has 3 heterocycles. The van der Waals surface area contributed by atoms with E-state index in [4.69, 9.17) is 0 Å². The van der Waals surface area contributed by atoms with Crippen molar-refractivity contribution in [3.8, 4) is 0 Å². The summed E-state index contributed by atoms with van der Waals surface area (Å²) in [4.78, 5) is 19.8. The highest BCUT2D eigenvalue weighted by atomic mass is 32.2. The van der Waals surface area contributed by atoms with Gasteiger partial charge >= 0.3 is 0 Å². The Bertz CT molecular complexity index is 956. The molecule has 0 bridgehead atoms. The second kappa shape index (κ2) is 7.05. The molecule has 1 aromatic carbocycles. The van der Waals surface area contributed by atoms with Crippen molar-refractivity contribution in [1.29, 1.82) is 0 Å². The first kappa shape index (κ1) is 18.1. The van der Waals surface area contributed by atoms with E-state index in [0.717, 1.165) is 31.6 Å². The SMILES string of the molecule is O=[N+]([O-])c1ccc(N2CCC(N3CCS(=O)(=O)CC3)CC2)c2ncccc12. The standard InChI is InChI=1S/C18H22N4O4S/c23-22(24)16-3-4-17(18-15(16)2-1-7-19-18)21-8-5-14(6-9-21)20-10-12-27(25,26)13-11-20/h1-4,7,14H,5-6,8-13H2. The number of nitro benzene ring substituents is 1. The van der Waals surface area contributed by atoms with E-state index in [1.54, 1.807) is 30.5 Å². The van der Waals surface area contributed by atoms with E-state index in [2.05, 4.69) is 14.8 Å². The molecule has 0 aliphatic carbocycles. The number of hydrogen-bond acceptors (Lipinski definition) is 7. The zero-order valence-corrected chi connectivity index (χ0v) is 15.8. The van der Waals surface area contributed by atoms with Gasteiger partial charge in [0.25, 0.3) is 5.69 Å². The minimum atomic E-state index is -2.86. The van der Waals surface area contributed by atoms with Gasteiger partial charge in [-0.2, -0.15) is 0 Å². The molecule has 0 saturated carbocycles. The summed E-state index contributed by atoms with van der Waals surface area (Å²) in [5, 5.41) is 11.8. The van der Waals surface area contributed by atoms with Crippen LogP contribution in [0.25, 0.3) is 10.9 Å². The predicted molar refractivity (Wildman–Crippen MR) is 104 cm³/mol. The van der Waals surface area contributed by atoms with Crippen LogP contribution in [-0.2, 0) is 9.84 Å². The van der Waals surface area contributed by atoms with Gasteiger partial charge in [-0.3, -0.25) is 20.0 Å². The number of hydrogen-bond donors (Lipinski definition) is 0. The average Bonchev–Trinajstić information content (AvgIpc) is 2.67. The first-order valence-corrected chi connectivity index (χ1v) is 11.0. The summed E-state index contributed by atoms with van der Waals surface area (Å²) in [5.41, 5.74) is 1.66. The van der Waals surface area contributed by atoms with Gasteiger partial charge in [0.2, 0.25) is 0 Å². The summed E-state index contributed by atoms with van der Waals surface area (Å²) in [6.07, 6.45) is 3.56. The lowest BCUT2D eigenvalue weighted by molar-refractivity contribution is -0.383. The van der Waals surface area contributed by atoms with Crippen LogP contribution in [0.15, 0.2) is 30.5 Å². The molecule has 0 N–H and O–H groups in total. The second-order valence-electron chi connectivity index (χ2n) is 7.17. The van der Waals surface area contributed by atoms with Crippen LogP contribution in [0, 0.1) is 10.1 Å². The van der Waals surface area contributed by atoms with Crippen molar-refractivity contribution in [2.75, 3.05) is 42.6 Å². The van der Waals surface area contributed by atoms with Crippen LogP contribution in [0.2, 0.25) is 0 Å². The number of piperidine rings is 1. The Hall–Kier alpha value is -2.26. The number of rotatable bonds is 3. The summed E-state index contributed by atoms with van der Waals surface area (Å²) in [5.74, 6) is 0.508. The molecular weight excluding hydrogens is 368 g/mol. The molecule has 2 aromatic rings. The van der Waals surface area contributed by atoms with E-state index >= 15 is 0 Å². The summed E-state index contributed by atoms with van der Waals surface area (Å²) in [6, 6.07) is 7.21. The molecule has 0 amide bonds. The fourth-order valence-corrected chi connectivity index (χ4v) is 5.35. The maximum absolute atomic E-state index is 11.6. The van der Waals surface area contributed by atoms with Crippen LogP contribution in [-0.4, -0.2) is 67.0 Å². The van der Waals surface area contributed by atoms with E-state index in [-0.39, 0.29) is 22.1 Å². The normalized spacial score (nSPS) is 21.4. The zero-order chi connectivity index (χ0) is 19.0. The Balaban J connectivity index is 1.50. The lowest BCUT2D eigenvalue weighted by atomic mass is 10.0. The van der Waals surface area contributed by atoms with Gasteiger partial charge in [-0.1, -0.05) is 0 Å². The molecule has 0 spiro atoms. The Morgan fingerprint density at radius 2 is 1.78 bits per heavy atom. The lowest BCUT2D eigenvalue weighted by Crippen LogP contribution is -2.50. The number of fused-ring (bicyclic) bond motifs is 1. The fourth-order valence-electron chi connectivity index (χ4n) is 4.12. The molecule has 0 atom stereocenters. The summed E-state index contributed by atoms with van der Waals surface area (Å²) in [6.45, 7) is 2.90. The molecule has 4 rings (SSSR count). The van der Waals surface area contributed by atoms with Crippen molar-refractivity contribution in [2.24, 2.45) is 0 Å². The van der Waals surface area contributed by atoms with Crippen LogP contribution in [0.1, 0.15) is 12.8 Å². The van der Waals surface area contributed by atoms with Crippen molar-refractivity contribution >= 4 is 32.1 Å². The molecule has 2 saturated heterocycles. The smallest absolute Gasteiger partial charge is 0.278 e. The van der Waals surface area contributed by atoms with Crippen LogP contribution < -0.4 is 4.90 Å². The average molecular weight is 390 g/mol. The topological polar surface area (TPSA) is 96.6 Å². The highest BCUT2D eigenvalue weighted by molar-refractivity contribution is 7.91. The van der Waals surface area contributed by atoms with E-state index in [1.807, 2.05) is 0 Å². The first-order valence-electron chi connectivity index (χ1n) is 9.16. The third-order valence-electron chi connectivity index (χ3n) is 5.62. The van der Waals surface area contributed by atoms with E-state index in [1.165, 1.54) is 0 Å². The van der Waals surface area contributed by atoms with Crippen molar-refractivity contribution < 1.29 is 13.3 Å². The van der Waals surface area contributed by atoms with E-state index < -0.39 is 9.84 Å². The van der Waals surface area contributed by atoms with Gasteiger partial charge in [0.15, 0.2) is 9.84 Å². The van der Waals surface area contributed by atoms with Crippen LogP contribution >= 0.6 is 0 Å². The van der Waals surface area contributed by atoms with Gasteiger partial charge in [0.1, 0.15) is 5.52 Å². The lowest BCUT2D eigenvalue weighted by Gasteiger charge is -2.40. The van der Waals surface area contributed by atoms with Crippen LogP contribution in [0.5, 0.6) is 0 Å². The highest BCUT2D eigenvalue weighted by Gasteiger charge is 2.30. The molecule has 2 aliphatic rings. The number of nitro groups is 1. The highest BCUT2D eigenvalue weighted by Crippen LogP contribution is 2.33. The number of sulfone groups is 1. The number of pyridine rings is 1. The summed E-state index contributed by atoms with van der Waals surface area (Å²) in [7, 11) is -2.86. The maximum atomic E-state index is 11.6. The second-order valence-corrected chi connectivity index (χ2v) is 9.47. The van der Waals surface area contributed by atoms with E-state index in [0.29, 0.717) is 30.0 Å². The predicted octanol–water partition coefficient (Wildman–Crippen LogP) is 1.84. The molecule has 0 radical (unpaired) electrons. The molecule has 2 fully saturated rings. The first-order chi connectivity index (χ1) is 12.9. The zero-order valence-electron chi connectivity index (χ0n) is 15.0. The number of aromatic nitrogens is 1. The number of benzene rings is 1. The number of non-ortho nitro benzene ring substituents is 1. The Kier molecular flexibility index (Phi) is 4.73. The van der Waals surface area contributed by atoms with Crippen molar-refractivity contribution in [2.45, 2.75) is 18.9 Å². The third-order valence-corrected chi connectivity index (χ3v) is 7.23. The molecule has 1 aromatic heterocycles. The van der Waals surface area contributed by atoms with Gasteiger partial charge in [-0.15, -0.1) is 0 Å². The Morgan fingerprint density at radius 1 is 1.07 bits per heavy atom. The Labute approximate surface area is 157 Å². The van der Waals surface area contributed by atoms with E-state index in [9.17, 15) is 18.5 Å². The Morgan fingerprint density at radius 3 is 2.44 bits per heavy atom. The molecule has 9 heteroatoms. The summed E-state index contributed by atoms with van der Waals surface area (Å²) >= 11 is 0. The molecular formula is C18H22N4O4S. The quantitative estimate of drug-likeness (QED) is 0.583. The number of anilines is 1. The third kappa shape index (κ3) is 3.61. The van der Waals surface area contributed by atoms with Crippen molar-refractivity contribution in [1.82, 2.24) is 9.88 Å². The summed E-state index contributed by atoms with van der Waals surface area (Å²) < 4.78 is 23.3. The van der Waals surface area contributed by atoms with Gasteiger partial charge < -0.3 is 4.90 Å².